The Balaban J connectivity index is 1.28. The van der Waals surface area contributed by atoms with Gasteiger partial charge in [-0.2, -0.15) is 26.3 Å². The summed E-state index contributed by atoms with van der Waals surface area (Å²) in [5.41, 5.74) is -1.52. The van der Waals surface area contributed by atoms with Gasteiger partial charge >= 0.3 is 24.4 Å². The number of aryl methyl sites for hydroxylation is 2. The van der Waals surface area contributed by atoms with Crippen LogP contribution in [0.4, 0.5) is 37.1 Å². The van der Waals surface area contributed by atoms with Gasteiger partial charge in [0.1, 0.15) is 5.01 Å². The molecule has 1 spiro atoms. The van der Waals surface area contributed by atoms with Crippen molar-refractivity contribution in [3.8, 4) is 21.0 Å². The number of halogens is 6. The number of nitrogens with zero attached hydrogens (tertiary/aromatic N) is 5. The third kappa shape index (κ3) is 6.48. The number of aromatic carboxylic acids is 1. The number of amides is 1. The first-order valence-corrected chi connectivity index (χ1v) is 16.7. The van der Waals surface area contributed by atoms with Crippen LogP contribution >= 0.6 is 11.3 Å². The second kappa shape index (κ2) is 12.5. The summed E-state index contributed by atoms with van der Waals surface area (Å²) < 4.78 is 93.5. The van der Waals surface area contributed by atoms with Crippen molar-refractivity contribution in [3.05, 3.63) is 81.8 Å². The molecule has 51 heavy (non-hydrogen) atoms. The third-order valence-electron chi connectivity index (χ3n) is 9.34. The number of morpholine rings is 1. The van der Waals surface area contributed by atoms with Crippen molar-refractivity contribution in [2.45, 2.75) is 57.2 Å². The number of ether oxygens (including phenoxy) is 2. The molecule has 2 aromatic heterocycles. The van der Waals surface area contributed by atoms with Gasteiger partial charge in [-0.05, 0) is 68.1 Å². The summed E-state index contributed by atoms with van der Waals surface area (Å²) in [5, 5.41) is 10.00. The molecule has 7 rings (SSSR count). The first-order valence-electron chi connectivity index (χ1n) is 15.8. The minimum Gasteiger partial charge on any atom is -0.478 e. The molecule has 17 heteroatoms. The molecule has 2 aliphatic heterocycles. The number of carbonyl (C=O) groups excluding carboxylic acids is 1. The molecule has 1 saturated carbocycles. The van der Waals surface area contributed by atoms with Crippen molar-refractivity contribution < 1.29 is 50.5 Å². The van der Waals surface area contributed by atoms with Crippen LogP contribution in [0, 0.1) is 13.8 Å². The molecule has 2 saturated heterocycles. The molecule has 1 aliphatic carbocycles. The number of rotatable bonds is 7. The van der Waals surface area contributed by atoms with Crippen LogP contribution in [0.2, 0.25) is 0 Å². The Morgan fingerprint density at radius 2 is 1.65 bits per heavy atom. The minimum atomic E-state index is -5.07. The molecule has 0 unspecified atom stereocenters. The first kappa shape index (κ1) is 34.7. The predicted molar refractivity (Wildman–Crippen MR) is 171 cm³/mol. The Hall–Kier alpha value is -4.77. The van der Waals surface area contributed by atoms with Gasteiger partial charge < -0.3 is 19.5 Å². The molecule has 2 aromatic carbocycles. The van der Waals surface area contributed by atoms with Crippen LogP contribution in [-0.4, -0.2) is 68.9 Å². The average molecular weight is 734 g/mol. The third-order valence-corrected chi connectivity index (χ3v) is 10.6. The van der Waals surface area contributed by atoms with Gasteiger partial charge in [-0.1, -0.05) is 6.07 Å². The maximum atomic E-state index is 13.7. The van der Waals surface area contributed by atoms with E-state index in [0.29, 0.717) is 82.3 Å². The van der Waals surface area contributed by atoms with Crippen molar-refractivity contribution >= 4 is 29.3 Å². The van der Waals surface area contributed by atoms with Gasteiger partial charge in [0.2, 0.25) is 5.95 Å². The molecular weight excluding hydrogens is 704 g/mol. The Morgan fingerprint density at radius 3 is 2.24 bits per heavy atom. The number of thiazole rings is 1. The van der Waals surface area contributed by atoms with Gasteiger partial charge in [0.25, 0.3) is 0 Å². The molecule has 4 aromatic rings. The smallest absolute Gasteiger partial charge is 0.416 e. The normalized spacial score (nSPS) is 18.7. The predicted octanol–water partition coefficient (Wildman–Crippen LogP) is 7.68. The Morgan fingerprint density at radius 1 is 0.980 bits per heavy atom. The second-order valence-corrected chi connectivity index (χ2v) is 13.7. The van der Waals surface area contributed by atoms with Gasteiger partial charge in [0, 0.05) is 30.4 Å². The van der Waals surface area contributed by atoms with Crippen LogP contribution in [0.25, 0.3) is 21.0 Å². The molecule has 1 amide bonds. The van der Waals surface area contributed by atoms with Gasteiger partial charge in [0.15, 0.2) is 6.10 Å². The van der Waals surface area contributed by atoms with Crippen molar-refractivity contribution in [2.75, 3.05) is 31.2 Å². The monoisotopic (exact) mass is 733 g/mol. The number of anilines is 1. The maximum Gasteiger partial charge on any atom is 0.416 e. The van der Waals surface area contributed by atoms with E-state index in [-0.39, 0.29) is 31.0 Å². The quantitative estimate of drug-likeness (QED) is 0.191. The fraction of sp³-hybridized carbons (Fsp3) is 0.382. The van der Waals surface area contributed by atoms with E-state index in [9.17, 15) is 41.0 Å². The van der Waals surface area contributed by atoms with Crippen LogP contribution in [0.15, 0.2) is 42.6 Å². The number of cyclic esters (lactones) is 1. The van der Waals surface area contributed by atoms with Gasteiger partial charge in [-0.15, -0.1) is 11.3 Å². The van der Waals surface area contributed by atoms with Crippen LogP contribution < -0.4 is 4.90 Å². The largest absolute Gasteiger partial charge is 0.478 e. The van der Waals surface area contributed by atoms with E-state index in [4.69, 9.17) is 19.4 Å². The van der Waals surface area contributed by atoms with E-state index in [1.165, 1.54) is 22.3 Å². The lowest BCUT2D eigenvalue weighted by Crippen LogP contribution is -2.38. The minimum absolute atomic E-state index is 0.0472. The van der Waals surface area contributed by atoms with E-state index >= 15 is 0 Å². The summed E-state index contributed by atoms with van der Waals surface area (Å²) in [6, 6.07) is 5.97. The van der Waals surface area contributed by atoms with Crippen LogP contribution in [0.1, 0.15) is 62.9 Å². The summed E-state index contributed by atoms with van der Waals surface area (Å²) in [6.07, 6.45) is -10.2. The summed E-state index contributed by atoms with van der Waals surface area (Å²) in [5.74, 6) is -0.700. The highest BCUT2D eigenvalue weighted by molar-refractivity contribution is 7.18. The van der Waals surface area contributed by atoms with Crippen molar-refractivity contribution in [1.29, 1.82) is 0 Å². The molecule has 10 nitrogen and oxygen atoms in total. The Kier molecular flexibility index (Phi) is 8.48. The van der Waals surface area contributed by atoms with Gasteiger partial charge in [0.05, 0.1) is 58.3 Å². The molecular formula is C34H29F6N5O5S. The van der Waals surface area contributed by atoms with Crippen molar-refractivity contribution in [1.82, 2.24) is 19.9 Å². The zero-order valence-corrected chi connectivity index (χ0v) is 27.9. The lowest BCUT2D eigenvalue weighted by molar-refractivity contribution is -0.143. The number of alkyl halides is 6. The van der Waals surface area contributed by atoms with E-state index in [0.717, 1.165) is 0 Å². The van der Waals surface area contributed by atoms with Crippen LogP contribution in [0.3, 0.4) is 0 Å². The average Bonchev–Trinajstić information content (AvgIpc) is 3.72. The van der Waals surface area contributed by atoms with E-state index in [2.05, 4.69) is 4.98 Å². The molecule has 1 N–H and O–H groups in total. The van der Waals surface area contributed by atoms with E-state index < -0.39 is 52.7 Å². The Labute approximate surface area is 290 Å². The number of hydrogen-bond donors (Lipinski definition) is 1. The van der Waals surface area contributed by atoms with Crippen molar-refractivity contribution in [3.63, 3.8) is 0 Å². The van der Waals surface area contributed by atoms with Crippen LogP contribution in [-0.2, 0) is 28.4 Å². The maximum absolute atomic E-state index is 13.7. The number of carbonyl (C=O) groups is 2. The van der Waals surface area contributed by atoms with Crippen LogP contribution in [0.5, 0.6) is 0 Å². The summed E-state index contributed by atoms with van der Waals surface area (Å²) in [6.45, 7) is 5.27. The zero-order valence-electron chi connectivity index (χ0n) is 27.1. The topological polar surface area (TPSA) is 118 Å². The molecule has 0 bridgehead atoms. The molecule has 0 radical (unpaired) electrons. The first-order chi connectivity index (χ1) is 24.0. The molecule has 3 fully saturated rings. The number of carboxylic acids is 1. The summed E-state index contributed by atoms with van der Waals surface area (Å²) >= 11 is 1.31. The molecule has 4 heterocycles. The number of aromatic nitrogens is 3. The SMILES string of the molecule is Cc1cc(C(=O)O)ccc1-c1nc(C)c(-c2cnc(N3CCOCC3)nc2CN2C(=O)O[C@H](c3cc(C(F)(F)F)cc(C(F)(F)F)c3)C23CC3)s1. The lowest BCUT2D eigenvalue weighted by atomic mass is 9.95. The summed E-state index contributed by atoms with van der Waals surface area (Å²) in [7, 11) is 0. The van der Waals surface area contributed by atoms with E-state index in [1.54, 1.807) is 32.2 Å². The molecule has 3 aliphatic rings. The van der Waals surface area contributed by atoms with Gasteiger partial charge in [-0.3, -0.25) is 4.90 Å². The fourth-order valence-electron chi connectivity index (χ4n) is 6.57. The number of benzene rings is 2. The highest BCUT2D eigenvalue weighted by atomic mass is 32.1. The molecule has 268 valence electrons. The van der Waals surface area contributed by atoms with E-state index in [1.807, 2.05) is 4.90 Å². The number of carboxylic acid groups (broad SMARTS) is 1. The second-order valence-electron chi connectivity index (χ2n) is 12.7. The van der Waals surface area contributed by atoms with Crippen molar-refractivity contribution in [2.24, 2.45) is 0 Å². The number of hydrogen-bond acceptors (Lipinski definition) is 9. The summed E-state index contributed by atoms with van der Waals surface area (Å²) in [4.78, 5) is 43.1. The molecule has 1 atom stereocenters. The van der Waals surface area contributed by atoms with Gasteiger partial charge in [-0.25, -0.2) is 24.5 Å². The zero-order chi connectivity index (χ0) is 36.5. The standard InChI is InChI=1S/C34H29F6N5O5S/c1-17-11-19(29(46)47)3-4-23(17)28-42-18(2)26(51-28)24-15-41-30(44-7-9-49-10-8-44)43-25(24)16-45-31(48)50-27(32(45)5-6-32)20-12-21(33(35,36)37)14-22(13-20)34(38,39)40/h3-4,11-15,27H,5-10,16H2,1-2H3,(H,46,47)/t27-/m1/s1. The lowest BCUT2D eigenvalue weighted by Gasteiger charge is -2.28. The Bertz CT molecular complexity index is 2010. The highest BCUT2D eigenvalue weighted by Gasteiger charge is 2.64. The fourth-order valence-corrected chi connectivity index (χ4v) is 7.76. The highest BCUT2D eigenvalue weighted by Crippen LogP contribution is 2.58.